The number of hydrogen-bond donors (Lipinski definition) is 2. The van der Waals surface area contributed by atoms with Crippen molar-refractivity contribution in [1.82, 2.24) is 20.6 Å². The van der Waals surface area contributed by atoms with E-state index < -0.39 is 5.82 Å². The highest BCUT2D eigenvalue weighted by Crippen LogP contribution is 2.24. The van der Waals surface area contributed by atoms with Crippen LogP contribution in [0.25, 0.3) is 0 Å². The molecule has 0 bridgehead atoms. The molecule has 0 aliphatic carbocycles. The predicted molar refractivity (Wildman–Crippen MR) is 134 cm³/mol. The first-order valence-corrected chi connectivity index (χ1v) is 10.7. The zero-order valence-corrected chi connectivity index (χ0v) is 21.0. The zero-order valence-electron chi connectivity index (χ0n) is 17.8. The van der Waals surface area contributed by atoms with E-state index in [4.69, 9.17) is 4.74 Å². The number of pyridine rings is 1. The second-order valence-electron chi connectivity index (χ2n) is 6.68. The molecule has 3 aromatic rings. The van der Waals surface area contributed by atoms with E-state index in [0.717, 1.165) is 35.8 Å². The molecule has 1 aromatic carbocycles. The Bertz CT molecular complexity index is 977. The largest absolute Gasteiger partial charge is 0.453 e. The molecule has 0 radical (unpaired) electrons. The van der Waals surface area contributed by atoms with E-state index in [9.17, 15) is 4.39 Å². The van der Waals surface area contributed by atoms with Crippen LogP contribution in [0.3, 0.4) is 0 Å². The van der Waals surface area contributed by atoms with Crippen molar-refractivity contribution in [2.75, 3.05) is 13.1 Å². The summed E-state index contributed by atoms with van der Waals surface area (Å²) in [5.41, 5.74) is 1.85. The van der Waals surface area contributed by atoms with Crippen molar-refractivity contribution in [3.8, 4) is 11.5 Å². The van der Waals surface area contributed by atoms with Crippen LogP contribution in [0.2, 0.25) is 0 Å². The third-order valence-electron chi connectivity index (χ3n) is 4.33. The summed E-state index contributed by atoms with van der Waals surface area (Å²) in [4.78, 5) is 14.3. The number of aromatic nitrogens is 2. The van der Waals surface area contributed by atoms with Crippen LogP contribution in [0.1, 0.15) is 28.1 Å². The first kappa shape index (κ1) is 25.0. The van der Waals surface area contributed by atoms with E-state index in [1.165, 1.54) is 10.9 Å². The summed E-state index contributed by atoms with van der Waals surface area (Å²) in [6.07, 6.45) is 4.01. The van der Waals surface area contributed by atoms with Gasteiger partial charge in [0.15, 0.2) is 17.5 Å². The third kappa shape index (κ3) is 7.73. The Morgan fingerprint density at radius 3 is 2.71 bits per heavy atom. The molecule has 0 aliphatic heterocycles. The Hall–Kier alpha value is -2.27. The van der Waals surface area contributed by atoms with Crippen LogP contribution in [-0.2, 0) is 13.0 Å². The summed E-state index contributed by atoms with van der Waals surface area (Å²) in [5, 5.41) is 7.63. The maximum absolute atomic E-state index is 14.4. The second-order valence-corrected chi connectivity index (χ2v) is 7.96. The van der Waals surface area contributed by atoms with Gasteiger partial charge >= 0.3 is 0 Å². The average Bonchev–Trinajstić information content (AvgIpc) is 3.06. The highest BCUT2D eigenvalue weighted by Gasteiger charge is 2.07. The lowest BCUT2D eigenvalue weighted by molar-refractivity contribution is 0.440. The Morgan fingerprint density at radius 1 is 1.23 bits per heavy atom. The molecule has 2 heterocycles. The van der Waals surface area contributed by atoms with Crippen molar-refractivity contribution in [3.63, 3.8) is 0 Å². The summed E-state index contributed by atoms with van der Waals surface area (Å²) >= 11 is 1.72. The number of aliphatic imine (C=N–C) groups is 1. The first-order chi connectivity index (χ1) is 14.5. The van der Waals surface area contributed by atoms with Gasteiger partial charge in [0.25, 0.3) is 0 Å². The van der Waals surface area contributed by atoms with Gasteiger partial charge in [-0.25, -0.2) is 14.4 Å². The predicted octanol–water partition coefficient (Wildman–Crippen LogP) is 5.00. The number of nitrogens with zero attached hydrogens (tertiary/aromatic N) is 3. The minimum atomic E-state index is -0.431. The van der Waals surface area contributed by atoms with Crippen LogP contribution in [-0.4, -0.2) is 29.0 Å². The molecule has 2 aromatic heterocycles. The number of benzene rings is 1. The number of hydrogen-bond acceptors (Lipinski definition) is 5. The molecule has 3 rings (SSSR count). The monoisotopic (exact) mass is 555 g/mol. The molecule has 0 atom stereocenters. The highest BCUT2D eigenvalue weighted by atomic mass is 127. The van der Waals surface area contributed by atoms with Gasteiger partial charge in [-0.3, -0.25) is 4.98 Å². The van der Waals surface area contributed by atoms with Gasteiger partial charge in [0, 0.05) is 30.6 Å². The third-order valence-corrected chi connectivity index (χ3v) is 5.46. The summed E-state index contributed by atoms with van der Waals surface area (Å²) in [6.45, 7) is 7.95. The van der Waals surface area contributed by atoms with E-state index in [2.05, 4.69) is 32.5 Å². The molecule has 0 spiro atoms. The summed E-state index contributed by atoms with van der Waals surface area (Å²) < 4.78 is 19.9. The molecular formula is C22H27FIN5OS. The molecule has 6 nitrogen and oxygen atoms in total. The lowest BCUT2D eigenvalue weighted by Gasteiger charge is -2.11. The van der Waals surface area contributed by atoms with Crippen LogP contribution in [0.15, 0.2) is 47.7 Å². The Kier molecular flexibility index (Phi) is 10.1. The first-order valence-electron chi connectivity index (χ1n) is 9.86. The Labute approximate surface area is 203 Å². The Balaban J connectivity index is 0.00000341. The number of guanidine groups is 1. The minimum absolute atomic E-state index is 0. The van der Waals surface area contributed by atoms with Gasteiger partial charge < -0.3 is 15.4 Å². The number of rotatable bonds is 8. The molecule has 0 amide bonds. The van der Waals surface area contributed by atoms with Gasteiger partial charge in [-0.2, -0.15) is 0 Å². The number of nitrogens with one attached hydrogen (secondary N) is 2. The fourth-order valence-electron chi connectivity index (χ4n) is 2.71. The lowest BCUT2D eigenvalue weighted by atomic mass is 10.2. The van der Waals surface area contributed by atoms with Gasteiger partial charge in [0.05, 0.1) is 23.4 Å². The molecule has 0 aliphatic rings. The number of thiazole rings is 1. The zero-order chi connectivity index (χ0) is 21.3. The normalized spacial score (nSPS) is 11.0. The van der Waals surface area contributed by atoms with E-state index in [1.54, 1.807) is 41.9 Å². The molecule has 0 fully saturated rings. The maximum Gasteiger partial charge on any atom is 0.191 e. The summed E-state index contributed by atoms with van der Waals surface area (Å²) in [6, 6.07) is 8.33. The van der Waals surface area contributed by atoms with Gasteiger partial charge in [-0.05, 0) is 50.6 Å². The van der Waals surface area contributed by atoms with E-state index in [-0.39, 0.29) is 29.7 Å². The van der Waals surface area contributed by atoms with Crippen LogP contribution in [0.5, 0.6) is 11.5 Å². The maximum atomic E-state index is 14.4. The van der Waals surface area contributed by atoms with Crippen molar-refractivity contribution in [2.45, 2.75) is 33.7 Å². The standard InChI is InChI=1S/C22H26FN5OS.HI/c1-4-25-22(26-11-9-21-28-15(2)16(3)30-21)27-13-17-7-8-20(19(23)12-17)29-18-6-5-10-24-14-18;/h5-8,10,12,14H,4,9,11,13H2,1-3H3,(H2,25,26,27);1H. The molecule has 0 unspecified atom stereocenters. The smallest absolute Gasteiger partial charge is 0.191 e. The fourth-order valence-corrected chi connectivity index (χ4v) is 3.64. The summed E-state index contributed by atoms with van der Waals surface area (Å²) in [5.74, 6) is 0.916. The van der Waals surface area contributed by atoms with Crippen LogP contribution >= 0.6 is 35.3 Å². The van der Waals surface area contributed by atoms with Gasteiger partial charge in [-0.1, -0.05) is 6.07 Å². The van der Waals surface area contributed by atoms with E-state index in [0.29, 0.717) is 18.3 Å². The number of ether oxygens (including phenoxy) is 1. The van der Waals surface area contributed by atoms with Crippen molar-refractivity contribution in [2.24, 2.45) is 4.99 Å². The molecule has 0 saturated heterocycles. The van der Waals surface area contributed by atoms with Gasteiger partial charge in [-0.15, -0.1) is 35.3 Å². The van der Waals surface area contributed by atoms with E-state index >= 15 is 0 Å². The van der Waals surface area contributed by atoms with Crippen molar-refractivity contribution in [1.29, 1.82) is 0 Å². The Morgan fingerprint density at radius 2 is 2.06 bits per heavy atom. The molecular weight excluding hydrogens is 528 g/mol. The average molecular weight is 555 g/mol. The lowest BCUT2D eigenvalue weighted by Crippen LogP contribution is -2.38. The van der Waals surface area contributed by atoms with Crippen molar-refractivity contribution >= 4 is 41.3 Å². The van der Waals surface area contributed by atoms with Crippen LogP contribution in [0.4, 0.5) is 4.39 Å². The van der Waals surface area contributed by atoms with Gasteiger partial charge in [0.1, 0.15) is 5.75 Å². The quantitative estimate of drug-likeness (QED) is 0.233. The molecule has 31 heavy (non-hydrogen) atoms. The number of aryl methyl sites for hydroxylation is 2. The fraction of sp³-hybridized carbons (Fsp3) is 0.318. The SMILES string of the molecule is CCNC(=NCc1ccc(Oc2cccnc2)c(F)c1)NCCc1nc(C)c(C)s1.I. The molecule has 2 N–H and O–H groups in total. The molecule has 166 valence electrons. The second kappa shape index (κ2) is 12.6. The van der Waals surface area contributed by atoms with Crippen molar-refractivity contribution < 1.29 is 9.13 Å². The number of halogens is 2. The molecule has 9 heteroatoms. The van der Waals surface area contributed by atoms with Crippen LogP contribution in [0, 0.1) is 19.7 Å². The van der Waals surface area contributed by atoms with E-state index in [1.807, 2.05) is 19.9 Å². The highest BCUT2D eigenvalue weighted by molar-refractivity contribution is 14.0. The van der Waals surface area contributed by atoms with Crippen LogP contribution < -0.4 is 15.4 Å². The minimum Gasteiger partial charge on any atom is -0.453 e. The topological polar surface area (TPSA) is 71.4 Å². The molecule has 0 saturated carbocycles. The van der Waals surface area contributed by atoms with Crippen molar-refractivity contribution in [3.05, 3.63) is 69.7 Å². The summed E-state index contributed by atoms with van der Waals surface area (Å²) in [7, 11) is 0. The van der Waals surface area contributed by atoms with Gasteiger partial charge in [0.2, 0.25) is 0 Å².